The average Bonchev–Trinajstić information content (AvgIpc) is 3.11. The molecule has 1 saturated heterocycles. The number of ether oxygens (including phenoxy) is 1. The van der Waals surface area contributed by atoms with Crippen LogP contribution in [0.4, 0.5) is 10.1 Å². The summed E-state index contributed by atoms with van der Waals surface area (Å²) in [5.41, 5.74) is 2.01. The molecule has 32 heavy (non-hydrogen) atoms. The Balaban J connectivity index is 1.61. The van der Waals surface area contributed by atoms with Crippen LogP contribution in [0.25, 0.3) is 0 Å². The van der Waals surface area contributed by atoms with E-state index >= 15 is 0 Å². The first-order valence-electron chi connectivity index (χ1n) is 9.78. The summed E-state index contributed by atoms with van der Waals surface area (Å²) in [6, 6.07) is 15.3. The number of anilines is 1. The molecule has 4 rings (SSSR count). The van der Waals surface area contributed by atoms with Crippen LogP contribution in [0.2, 0.25) is 5.02 Å². The van der Waals surface area contributed by atoms with Gasteiger partial charge in [-0.1, -0.05) is 17.7 Å². The second-order valence-electron chi connectivity index (χ2n) is 7.64. The third-order valence-corrected chi connectivity index (χ3v) is 6.54. The predicted octanol–water partition coefficient (Wildman–Crippen LogP) is 4.75. The van der Waals surface area contributed by atoms with E-state index < -0.39 is 10.0 Å². The van der Waals surface area contributed by atoms with Crippen LogP contribution in [-0.2, 0) is 14.8 Å². The van der Waals surface area contributed by atoms with E-state index in [1.807, 2.05) is 6.07 Å². The first-order valence-corrected chi connectivity index (χ1v) is 11.7. The molecule has 0 aromatic heterocycles. The maximum absolute atomic E-state index is 13.5. The maximum atomic E-state index is 13.5. The Hall–Kier alpha value is -2.94. The molecule has 6 nitrogen and oxygen atoms in total. The third-order valence-electron chi connectivity index (χ3n) is 5.37. The number of aryl methyl sites for hydroxylation is 1. The fraction of sp³-hybridized carbons (Fsp3) is 0.174. The number of carbonyl (C=O) groups excluding carboxylic acids is 1. The number of carbonyl (C=O) groups is 1. The number of halogens is 2. The van der Waals surface area contributed by atoms with Crippen molar-refractivity contribution >= 4 is 33.2 Å². The van der Waals surface area contributed by atoms with Crippen LogP contribution in [0.5, 0.6) is 11.5 Å². The zero-order valence-corrected chi connectivity index (χ0v) is 18.7. The van der Waals surface area contributed by atoms with Crippen LogP contribution < -0.4 is 14.8 Å². The molecule has 166 valence electrons. The van der Waals surface area contributed by atoms with Crippen LogP contribution in [0.15, 0.2) is 65.6 Å². The zero-order valence-electron chi connectivity index (χ0n) is 17.1. The van der Waals surface area contributed by atoms with Gasteiger partial charge in [-0.25, -0.2) is 17.9 Å². The summed E-state index contributed by atoms with van der Waals surface area (Å²) in [4.78, 5) is 14.3. The molecule has 1 aliphatic heterocycles. The molecule has 0 unspecified atom stereocenters. The Morgan fingerprint density at radius 2 is 1.78 bits per heavy atom. The number of amides is 1. The quantitative estimate of drug-likeness (QED) is 0.578. The Bertz CT molecular complexity index is 1300. The molecule has 9 heteroatoms. The van der Waals surface area contributed by atoms with Crippen molar-refractivity contribution in [3.8, 4) is 11.5 Å². The highest BCUT2D eigenvalue weighted by Gasteiger charge is 2.33. The lowest BCUT2D eigenvalue weighted by atomic mass is 9.97. The van der Waals surface area contributed by atoms with E-state index in [-0.39, 0.29) is 29.0 Å². The van der Waals surface area contributed by atoms with Gasteiger partial charge in [0.1, 0.15) is 17.3 Å². The van der Waals surface area contributed by atoms with E-state index in [9.17, 15) is 17.6 Å². The van der Waals surface area contributed by atoms with Crippen LogP contribution in [0, 0.1) is 12.7 Å². The Kier molecular flexibility index (Phi) is 5.94. The molecule has 0 radical (unpaired) electrons. The Morgan fingerprint density at radius 3 is 2.44 bits per heavy atom. The molecule has 1 fully saturated rings. The molecule has 1 amide bonds. The van der Waals surface area contributed by atoms with Gasteiger partial charge in [-0.15, -0.1) is 0 Å². The molecule has 1 atom stereocenters. The number of sulfonamides is 1. The summed E-state index contributed by atoms with van der Waals surface area (Å²) in [6.07, 6.45) is 0.247. The highest BCUT2D eigenvalue weighted by Crippen LogP contribution is 2.40. The van der Waals surface area contributed by atoms with Crippen molar-refractivity contribution < 1.29 is 22.3 Å². The summed E-state index contributed by atoms with van der Waals surface area (Å²) in [5, 5.41) is 5.62. The fourth-order valence-electron chi connectivity index (χ4n) is 3.76. The number of benzene rings is 3. The fourth-order valence-corrected chi connectivity index (χ4v) is 4.44. The number of hydrogen-bond donors (Lipinski definition) is 1. The van der Waals surface area contributed by atoms with E-state index in [4.69, 9.17) is 21.5 Å². The van der Waals surface area contributed by atoms with Gasteiger partial charge in [0, 0.05) is 35.2 Å². The molecule has 0 bridgehead atoms. The molecular formula is C23H20ClFN2O4S. The average molecular weight is 475 g/mol. The largest absolute Gasteiger partial charge is 0.457 e. The van der Waals surface area contributed by atoms with Crippen molar-refractivity contribution in [2.75, 3.05) is 11.4 Å². The summed E-state index contributed by atoms with van der Waals surface area (Å²) >= 11 is 6.18. The minimum atomic E-state index is -3.81. The molecule has 0 aliphatic carbocycles. The maximum Gasteiger partial charge on any atom is 0.238 e. The molecule has 2 N–H and O–H groups in total. The van der Waals surface area contributed by atoms with E-state index in [1.54, 1.807) is 42.2 Å². The minimum absolute atomic E-state index is 0.0208. The summed E-state index contributed by atoms with van der Waals surface area (Å²) in [6.45, 7) is 2.13. The van der Waals surface area contributed by atoms with Crippen LogP contribution in [0.3, 0.4) is 0 Å². The van der Waals surface area contributed by atoms with E-state index in [0.29, 0.717) is 34.3 Å². The monoisotopic (exact) mass is 474 g/mol. The second-order valence-corrected chi connectivity index (χ2v) is 9.64. The summed E-state index contributed by atoms with van der Waals surface area (Å²) in [7, 11) is -3.81. The number of nitrogens with zero attached hydrogens (tertiary/aromatic N) is 1. The van der Waals surface area contributed by atoms with Crippen LogP contribution in [0.1, 0.15) is 23.5 Å². The van der Waals surface area contributed by atoms with E-state index in [2.05, 4.69) is 0 Å². The summed E-state index contributed by atoms with van der Waals surface area (Å²) in [5.74, 6) is 0.364. The van der Waals surface area contributed by atoms with Crippen molar-refractivity contribution in [3.63, 3.8) is 0 Å². The van der Waals surface area contributed by atoms with Gasteiger partial charge >= 0.3 is 0 Å². The van der Waals surface area contributed by atoms with Gasteiger partial charge in [-0.05, 0) is 67.1 Å². The highest BCUT2D eigenvalue weighted by atomic mass is 35.5. The smallest absolute Gasteiger partial charge is 0.238 e. The Labute approximate surface area is 190 Å². The van der Waals surface area contributed by atoms with Gasteiger partial charge in [0.25, 0.3) is 0 Å². The standard InChI is InChI=1S/C23H20ClFN2O4S/c1-14-10-17(25)3-9-21(14)31-22-12-16(24)2-8-20(22)15-11-23(28)27(13-15)18-4-6-19(7-5-18)32(26,29)30/h2-10,12,15H,11,13H2,1H3,(H2,26,29,30)/t15-/m0/s1. The van der Waals surface area contributed by atoms with Crippen molar-refractivity contribution in [1.29, 1.82) is 0 Å². The van der Waals surface area contributed by atoms with Crippen molar-refractivity contribution in [2.45, 2.75) is 24.2 Å². The van der Waals surface area contributed by atoms with Crippen LogP contribution >= 0.6 is 11.6 Å². The van der Waals surface area contributed by atoms with Crippen molar-refractivity contribution in [2.24, 2.45) is 5.14 Å². The van der Waals surface area contributed by atoms with Crippen LogP contribution in [-0.4, -0.2) is 20.9 Å². The van der Waals surface area contributed by atoms with Gasteiger partial charge in [0.2, 0.25) is 15.9 Å². The topological polar surface area (TPSA) is 89.7 Å². The zero-order chi connectivity index (χ0) is 23.0. The SMILES string of the molecule is Cc1cc(F)ccc1Oc1cc(Cl)ccc1[C@H]1CC(=O)N(c2ccc(S(N)(=O)=O)cc2)C1. The van der Waals surface area contributed by atoms with E-state index in [0.717, 1.165) is 5.56 Å². The molecule has 3 aromatic carbocycles. The van der Waals surface area contributed by atoms with Gasteiger partial charge in [-0.2, -0.15) is 0 Å². The first kappa shape index (κ1) is 22.3. The number of hydrogen-bond acceptors (Lipinski definition) is 4. The number of primary sulfonamides is 1. The summed E-state index contributed by atoms with van der Waals surface area (Å²) < 4.78 is 42.5. The van der Waals surface area contributed by atoms with Gasteiger partial charge in [0.05, 0.1) is 4.90 Å². The molecule has 3 aromatic rings. The lowest BCUT2D eigenvalue weighted by Crippen LogP contribution is -2.24. The van der Waals surface area contributed by atoms with Gasteiger partial charge in [-0.3, -0.25) is 4.79 Å². The molecular weight excluding hydrogens is 455 g/mol. The van der Waals surface area contributed by atoms with Gasteiger partial charge < -0.3 is 9.64 Å². The molecule has 1 aliphatic rings. The number of rotatable bonds is 5. The van der Waals surface area contributed by atoms with E-state index in [1.165, 1.54) is 24.3 Å². The second kappa shape index (κ2) is 8.54. The highest BCUT2D eigenvalue weighted by molar-refractivity contribution is 7.89. The number of nitrogens with two attached hydrogens (primary N) is 1. The lowest BCUT2D eigenvalue weighted by Gasteiger charge is -2.19. The van der Waals surface area contributed by atoms with Gasteiger partial charge in [0.15, 0.2) is 0 Å². The Morgan fingerprint density at radius 1 is 1.06 bits per heavy atom. The molecule has 0 spiro atoms. The van der Waals surface area contributed by atoms with Crippen molar-refractivity contribution in [1.82, 2.24) is 0 Å². The predicted molar refractivity (Wildman–Crippen MR) is 120 cm³/mol. The first-order chi connectivity index (χ1) is 15.1. The molecule has 1 heterocycles. The minimum Gasteiger partial charge on any atom is -0.457 e. The third kappa shape index (κ3) is 4.62. The molecule has 0 saturated carbocycles. The van der Waals surface area contributed by atoms with Crippen molar-refractivity contribution in [3.05, 3.63) is 82.6 Å². The normalized spacial score (nSPS) is 16.4. The lowest BCUT2D eigenvalue weighted by molar-refractivity contribution is -0.117.